The second-order valence-corrected chi connectivity index (χ2v) is 3.01. The van der Waals surface area contributed by atoms with Gasteiger partial charge in [0.15, 0.2) is 5.78 Å². The van der Waals surface area contributed by atoms with Crippen molar-refractivity contribution in [1.82, 2.24) is 0 Å². The minimum atomic E-state index is 0.162. The Balaban J connectivity index is 2.77. The Morgan fingerprint density at radius 3 is 2.82 bits per heavy atom. The van der Waals surface area contributed by atoms with E-state index in [4.69, 9.17) is 0 Å². The van der Waals surface area contributed by atoms with Crippen LogP contribution in [0.25, 0.3) is 0 Å². The lowest BCUT2D eigenvalue weighted by Gasteiger charge is -2.14. The molecule has 1 heteroatoms. The Morgan fingerprint density at radius 2 is 2.18 bits per heavy atom. The largest absolute Gasteiger partial charge is 0.295 e. The molecule has 0 saturated carbocycles. The van der Waals surface area contributed by atoms with Gasteiger partial charge in [-0.05, 0) is 18.4 Å². The maximum absolute atomic E-state index is 11.3. The molecule has 0 heterocycles. The maximum Gasteiger partial charge on any atom is 0.159 e. The summed E-state index contributed by atoms with van der Waals surface area (Å²) in [4.78, 5) is 11.3. The zero-order valence-electron chi connectivity index (χ0n) is 7.08. The second kappa shape index (κ2) is 3.51. The van der Waals surface area contributed by atoms with Gasteiger partial charge in [0.05, 0.1) is 0 Å². The van der Waals surface area contributed by atoms with Gasteiger partial charge in [-0.15, -0.1) is 0 Å². The molecule has 0 aromatic carbocycles. The van der Waals surface area contributed by atoms with E-state index in [1.54, 1.807) is 6.08 Å². The van der Waals surface area contributed by atoms with Crippen LogP contribution in [-0.4, -0.2) is 5.78 Å². The van der Waals surface area contributed by atoms with Crippen LogP contribution in [0.4, 0.5) is 0 Å². The summed E-state index contributed by atoms with van der Waals surface area (Å²) in [6.07, 6.45) is 8.62. The van der Waals surface area contributed by atoms with Gasteiger partial charge in [-0.25, -0.2) is 0 Å². The third-order valence-electron chi connectivity index (χ3n) is 2.29. The van der Waals surface area contributed by atoms with Crippen molar-refractivity contribution in [1.29, 1.82) is 0 Å². The van der Waals surface area contributed by atoms with Gasteiger partial charge < -0.3 is 0 Å². The topological polar surface area (TPSA) is 17.1 Å². The van der Waals surface area contributed by atoms with Crippen molar-refractivity contribution >= 4 is 5.78 Å². The quantitative estimate of drug-likeness (QED) is 0.560. The molecule has 0 aliphatic heterocycles. The number of hydrogen-bond donors (Lipinski definition) is 0. The summed E-state index contributed by atoms with van der Waals surface area (Å²) in [6, 6.07) is 0. The molecule has 0 saturated heterocycles. The molecule has 2 atom stereocenters. The average molecular weight is 150 g/mol. The van der Waals surface area contributed by atoms with Crippen molar-refractivity contribution in [3.05, 3.63) is 24.3 Å². The van der Waals surface area contributed by atoms with Crippen LogP contribution >= 0.6 is 0 Å². The van der Waals surface area contributed by atoms with Crippen LogP contribution in [-0.2, 0) is 4.79 Å². The predicted molar refractivity (Wildman–Crippen MR) is 46.2 cm³/mol. The van der Waals surface area contributed by atoms with Gasteiger partial charge in [0.25, 0.3) is 0 Å². The molecule has 0 radical (unpaired) electrons. The lowest BCUT2D eigenvalue weighted by molar-refractivity contribution is -0.118. The first kappa shape index (κ1) is 8.25. The Bertz CT molecular complexity index is 201. The fraction of sp³-hybridized carbons (Fsp3) is 0.500. The van der Waals surface area contributed by atoms with Gasteiger partial charge in [0.2, 0.25) is 0 Å². The highest BCUT2D eigenvalue weighted by Gasteiger charge is 2.18. The molecule has 0 aromatic heterocycles. The van der Waals surface area contributed by atoms with Crippen LogP contribution in [0, 0.1) is 11.8 Å². The zero-order chi connectivity index (χ0) is 8.27. The number of hydrogen-bond acceptors (Lipinski definition) is 1. The van der Waals surface area contributed by atoms with Gasteiger partial charge in [-0.2, -0.15) is 0 Å². The highest BCUT2D eigenvalue weighted by Crippen LogP contribution is 2.20. The van der Waals surface area contributed by atoms with Crippen molar-refractivity contribution in [3.63, 3.8) is 0 Å². The molecule has 0 amide bonds. The van der Waals surface area contributed by atoms with Crippen molar-refractivity contribution in [2.24, 2.45) is 11.8 Å². The normalized spacial score (nSPS) is 30.5. The number of ketones is 1. The first-order valence-corrected chi connectivity index (χ1v) is 4.14. The Morgan fingerprint density at radius 1 is 1.45 bits per heavy atom. The molecule has 0 N–H and O–H groups in total. The fourth-order valence-electron chi connectivity index (χ4n) is 1.38. The molecule has 2 unspecified atom stereocenters. The zero-order valence-corrected chi connectivity index (χ0v) is 7.08. The third-order valence-corrected chi connectivity index (χ3v) is 2.29. The highest BCUT2D eigenvalue weighted by atomic mass is 16.1. The highest BCUT2D eigenvalue weighted by molar-refractivity contribution is 5.92. The first-order valence-electron chi connectivity index (χ1n) is 4.14. The minimum absolute atomic E-state index is 0.162. The monoisotopic (exact) mass is 150 g/mol. The molecule has 1 rings (SSSR count). The summed E-state index contributed by atoms with van der Waals surface area (Å²) in [5.74, 6) is 0.842. The van der Waals surface area contributed by atoms with Crippen molar-refractivity contribution in [2.45, 2.75) is 20.3 Å². The van der Waals surface area contributed by atoms with Crippen LogP contribution in [0.5, 0.6) is 0 Å². The average Bonchev–Trinajstić information content (AvgIpc) is 2.16. The molecule has 1 aliphatic rings. The van der Waals surface area contributed by atoms with Gasteiger partial charge in [-0.1, -0.05) is 32.1 Å². The van der Waals surface area contributed by atoms with E-state index in [-0.39, 0.29) is 11.7 Å². The number of allylic oxidation sites excluding steroid dienone is 4. The van der Waals surface area contributed by atoms with Crippen LogP contribution in [0.2, 0.25) is 0 Å². The van der Waals surface area contributed by atoms with Gasteiger partial charge in [0.1, 0.15) is 0 Å². The van der Waals surface area contributed by atoms with Crippen molar-refractivity contribution in [3.8, 4) is 0 Å². The first-order chi connectivity index (χ1) is 5.25. The SMILES string of the molecule is CCC1C=CC=CC(=O)C1C. The summed E-state index contributed by atoms with van der Waals surface area (Å²) >= 11 is 0. The number of rotatable bonds is 1. The van der Waals surface area contributed by atoms with Crippen molar-refractivity contribution < 1.29 is 4.79 Å². The Labute approximate surface area is 67.8 Å². The smallest absolute Gasteiger partial charge is 0.159 e. The van der Waals surface area contributed by atoms with E-state index in [1.807, 2.05) is 19.1 Å². The molecule has 0 aromatic rings. The standard InChI is InChI=1S/C10H14O/c1-3-9-6-4-5-7-10(11)8(9)2/h4-9H,3H2,1-2H3. The summed E-state index contributed by atoms with van der Waals surface area (Å²) in [5, 5.41) is 0. The lowest BCUT2D eigenvalue weighted by atomic mass is 9.89. The van der Waals surface area contributed by atoms with E-state index in [1.165, 1.54) is 0 Å². The van der Waals surface area contributed by atoms with Gasteiger partial charge in [-0.3, -0.25) is 4.79 Å². The van der Waals surface area contributed by atoms with E-state index in [9.17, 15) is 4.79 Å². The van der Waals surface area contributed by atoms with E-state index < -0.39 is 0 Å². The van der Waals surface area contributed by atoms with Gasteiger partial charge >= 0.3 is 0 Å². The fourth-order valence-corrected chi connectivity index (χ4v) is 1.38. The van der Waals surface area contributed by atoms with E-state index >= 15 is 0 Å². The summed E-state index contributed by atoms with van der Waals surface area (Å²) in [6.45, 7) is 4.11. The van der Waals surface area contributed by atoms with Crippen LogP contribution in [0.1, 0.15) is 20.3 Å². The van der Waals surface area contributed by atoms with Crippen LogP contribution in [0.3, 0.4) is 0 Å². The third kappa shape index (κ3) is 1.79. The van der Waals surface area contributed by atoms with E-state index in [2.05, 4.69) is 13.0 Å². The summed E-state index contributed by atoms with van der Waals surface area (Å²) < 4.78 is 0. The summed E-state index contributed by atoms with van der Waals surface area (Å²) in [5.41, 5.74) is 0. The van der Waals surface area contributed by atoms with Crippen LogP contribution in [0.15, 0.2) is 24.3 Å². The molecule has 0 bridgehead atoms. The summed E-state index contributed by atoms with van der Waals surface area (Å²) in [7, 11) is 0. The Kier molecular flexibility index (Phi) is 2.64. The molecule has 0 spiro atoms. The minimum Gasteiger partial charge on any atom is -0.295 e. The van der Waals surface area contributed by atoms with Crippen LogP contribution < -0.4 is 0 Å². The second-order valence-electron chi connectivity index (χ2n) is 3.01. The lowest BCUT2D eigenvalue weighted by Crippen LogP contribution is -2.16. The molecule has 0 fully saturated rings. The van der Waals surface area contributed by atoms with Crippen molar-refractivity contribution in [2.75, 3.05) is 0 Å². The molecular weight excluding hydrogens is 136 g/mol. The van der Waals surface area contributed by atoms with E-state index in [0.29, 0.717) is 5.92 Å². The van der Waals surface area contributed by atoms with Gasteiger partial charge in [0, 0.05) is 5.92 Å². The Hall–Kier alpha value is -0.850. The number of carbonyl (C=O) groups is 1. The molecule has 60 valence electrons. The molecule has 1 nitrogen and oxygen atoms in total. The predicted octanol–water partition coefficient (Wildman–Crippen LogP) is 2.34. The molecule has 1 aliphatic carbocycles. The maximum atomic E-state index is 11.3. The molecule has 11 heavy (non-hydrogen) atoms. The molecular formula is C10H14O. The van der Waals surface area contributed by atoms with E-state index in [0.717, 1.165) is 6.42 Å². The number of carbonyl (C=O) groups excluding carboxylic acids is 1.